The van der Waals surface area contributed by atoms with Crippen molar-refractivity contribution >= 4 is 17.4 Å². The van der Waals surface area contributed by atoms with Gasteiger partial charge in [0.1, 0.15) is 11.4 Å². The van der Waals surface area contributed by atoms with Crippen LogP contribution >= 0.6 is 11.3 Å². The van der Waals surface area contributed by atoms with Gasteiger partial charge in [-0.1, -0.05) is 12.1 Å². The number of rotatable bonds is 5. The molecule has 2 amide bonds. The summed E-state index contributed by atoms with van der Waals surface area (Å²) in [5, 5.41) is 19.3. The van der Waals surface area contributed by atoms with Crippen molar-refractivity contribution in [1.82, 2.24) is 10.6 Å². The number of urea groups is 1. The molecular weight excluding hydrogens is 303 g/mol. The molecule has 1 heterocycles. The van der Waals surface area contributed by atoms with Crippen LogP contribution in [0.4, 0.5) is 9.18 Å². The summed E-state index contributed by atoms with van der Waals surface area (Å²) in [7, 11) is 0. The van der Waals surface area contributed by atoms with Crippen molar-refractivity contribution in [3.8, 4) is 0 Å². The molecule has 4 nitrogen and oxygen atoms in total. The van der Waals surface area contributed by atoms with Gasteiger partial charge in [0.25, 0.3) is 0 Å². The molecule has 0 saturated heterocycles. The molecule has 0 fully saturated rings. The normalized spacial score (nSPS) is 13.5. The lowest BCUT2D eigenvalue weighted by molar-refractivity contribution is 0.0598. The van der Waals surface area contributed by atoms with Crippen molar-refractivity contribution in [1.29, 1.82) is 0 Å². The summed E-state index contributed by atoms with van der Waals surface area (Å²) in [4.78, 5) is 11.8. The predicted octanol–water partition coefficient (Wildman–Crippen LogP) is 2.90. The second-order valence-corrected chi connectivity index (χ2v) is 6.19. The number of aliphatic hydroxyl groups is 1. The highest BCUT2D eigenvalue weighted by Gasteiger charge is 2.24. The van der Waals surface area contributed by atoms with E-state index in [0.717, 1.165) is 5.56 Å². The summed E-state index contributed by atoms with van der Waals surface area (Å²) in [6, 6.07) is 6.25. The molecule has 1 aromatic carbocycles. The zero-order chi connectivity index (χ0) is 16.2. The highest BCUT2D eigenvalue weighted by atomic mass is 32.1. The first-order valence-corrected chi connectivity index (χ1v) is 7.84. The minimum atomic E-state index is -1.12. The molecule has 118 valence electrons. The van der Waals surface area contributed by atoms with Crippen LogP contribution in [0.15, 0.2) is 35.0 Å². The summed E-state index contributed by atoms with van der Waals surface area (Å²) in [5.74, 6) is -0.292. The predicted molar refractivity (Wildman–Crippen MR) is 85.3 cm³/mol. The van der Waals surface area contributed by atoms with Crippen LogP contribution in [0.5, 0.6) is 0 Å². The Hall–Kier alpha value is -1.92. The Morgan fingerprint density at radius 1 is 1.36 bits per heavy atom. The number of halogens is 1. The van der Waals surface area contributed by atoms with Crippen molar-refractivity contribution < 1.29 is 14.3 Å². The largest absolute Gasteiger partial charge is 0.384 e. The molecule has 3 N–H and O–H groups in total. The van der Waals surface area contributed by atoms with E-state index in [2.05, 4.69) is 10.6 Å². The van der Waals surface area contributed by atoms with E-state index >= 15 is 0 Å². The van der Waals surface area contributed by atoms with Gasteiger partial charge >= 0.3 is 6.03 Å². The first-order valence-electron chi connectivity index (χ1n) is 6.90. The van der Waals surface area contributed by atoms with E-state index in [1.807, 2.05) is 16.8 Å². The van der Waals surface area contributed by atoms with Gasteiger partial charge in [-0.2, -0.15) is 11.3 Å². The number of nitrogens with one attached hydrogen (secondary N) is 2. The Morgan fingerprint density at radius 3 is 2.77 bits per heavy atom. The molecule has 2 rings (SSSR count). The molecule has 2 aromatic rings. The zero-order valence-corrected chi connectivity index (χ0v) is 13.3. The first kappa shape index (κ1) is 16.5. The van der Waals surface area contributed by atoms with Crippen LogP contribution in [-0.4, -0.2) is 17.7 Å². The van der Waals surface area contributed by atoms with Gasteiger partial charge in [0.05, 0.1) is 6.54 Å². The molecule has 0 aliphatic carbocycles. The van der Waals surface area contributed by atoms with E-state index in [1.54, 1.807) is 26.0 Å². The SMILES string of the molecule is Cc1ccc(CNC(=O)NCC(C)(O)c2ccsc2)cc1F. The van der Waals surface area contributed by atoms with E-state index in [9.17, 15) is 14.3 Å². The maximum absolute atomic E-state index is 13.4. The van der Waals surface area contributed by atoms with E-state index in [4.69, 9.17) is 0 Å². The Balaban J connectivity index is 1.82. The van der Waals surface area contributed by atoms with Gasteiger partial charge in [0.15, 0.2) is 0 Å². The number of carbonyl (C=O) groups excluding carboxylic acids is 1. The molecule has 6 heteroatoms. The quantitative estimate of drug-likeness (QED) is 0.792. The number of benzene rings is 1. The number of hydrogen-bond donors (Lipinski definition) is 3. The molecule has 0 saturated carbocycles. The minimum absolute atomic E-state index is 0.0951. The molecule has 1 unspecified atom stereocenters. The average Bonchev–Trinajstić information content (AvgIpc) is 3.01. The molecular formula is C16H19FN2O2S. The van der Waals surface area contributed by atoms with E-state index in [1.165, 1.54) is 17.4 Å². The summed E-state index contributed by atoms with van der Waals surface area (Å²) < 4.78 is 13.4. The number of thiophene rings is 1. The summed E-state index contributed by atoms with van der Waals surface area (Å²) in [5.41, 5.74) is 0.897. The molecule has 0 spiro atoms. The molecule has 0 aliphatic rings. The molecule has 1 aromatic heterocycles. The lowest BCUT2D eigenvalue weighted by Crippen LogP contribution is -2.43. The van der Waals surface area contributed by atoms with Gasteiger partial charge < -0.3 is 15.7 Å². The van der Waals surface area contributed by atoms with Crippen molar-refractivity contribution in [3.05, 3.63) is 57.5 Å². The second-order valence-electron chi connectivity index (χ2n) is 5.41. The molecule has 0 radical (unpaired) electrons. The van der Waals surface area contributed by atoms with Crippen LogP contribution in [0.25, 0.3) is 0 Å². The summed E-state index contributed by atoms with van der Waals surface area (Å²) in [6.45, 7) is 3.65. The topological polar surface area (TPSA) is 61.4 Å². The Kier molecular flexibility index (Phi) is 5.15. The van der Waals surface area contributed by atoms with Crippen LogP contribution in [0.3, 0.4) is 0 Å². The van der Waals surface area contributed by atoms with Crippen molar-refractivity contribution in [3.63, 3.8) is 0 Å². The van der Waals surface area contributed by atoms with Crippen LogP contribution < -0.4 is 10.6 Å². The highest BCUT2D eigenvalue weighted by molar-refractivity contribution is 7.08. The second kappa shape index (κ2) is 6.89. The van der Waals surface area contributed by atoms with E-state index in [0.29, 0.717) is 11.1 Å². The standard InChI is InChI=1S/C16H19FN2O2S/c1-11-3-4-12(7-14(11)17)8-18-15(20)19-10-16(2,21)13-5-6-22-9-13/h3-7,9,21H,8,10H2,1-2H3,(H2,18,19,20). The number of hydrogen-bond acceptors (Lipinski definition) is 3. The van der Waals surface area contributed by atoms with E-state index in [-0.39, 0.29) is 18.9 Å². The van der Waals surface area contributed by atoms with Crippen LogP contribution in [0, 0.1) is 12.7 Å². The maximum Gasteiger partial charge on any atom is 0.315 e. The monoisotopic (exact) mass is 322 g/mol. The van der Waals surface area contributed by atoms with Crippen molar-refractivity contribution in [2.24, 2.45) is 0 Å². The Morgan fingerprint density at radius 2 is 2.14 bits per heavy atom. The molecule has 0 bridgehead atoms. The first-order chi connectivity index (χ1) is 10.4. The third-order valence-electron chi connectivity index (χ3n) is 3.43. The van der Waals surface area contributed by atoms with Gasteiger partial charge in [-0.05, 0) is 53.4 Å². The van der Waals surface area contributed by atoms with Crippen LogP contribution in [0.2, 0.25) is 0 Å². The van der Waals surface area contributed by atoms with Gasteiger partial charge in [0, 0.05) is 6.54 Å². The minimum Gasteiger partial charge on any atom is -0.384 e. The number of aryl methyl sites for hydroxylation is 1. The fourth-order valence-electron chi connectivity index (χ4n) is 1.92. The van der Waals surface area contributed by atoms with Crippen molar-refractivity contribution in [2.45, 2.75) is 26.0 Å². The van der Waals surface area contributed by atoms with Gasteiger partial charge in [-0.3, -0.25) is 0 Å². The average molecular weight is 322 g/mol. The zero-order valence-electron chi connectivity index (χ0n) is 12.5. The van der Waals surface area contributed by atoms with Crippen LogP contribution in [0.1, 0.15) is 23.6 Å². The van der Waals surface area contributed by atoms with Gasteiger partial charge in [-0.25, -0.2) is 9.18 Å². The third kappa shape index (κ3) is 4.29. The lowest BCUT2D eigenvalue weighted by Gasteiger charge is -2.22. The lowest BCUT2D eigenvalue weighted by atomic mass is 9.99. The van der Waals surface area contributed by atoms with Crippen LogP contribution in [-0.2, 0) is 12.1 Å². The third-order valence-corrected chi connectivity index (χ3v) is 4.11. The van der Waals surface area contributed by atoms with E-state index < -0.39 is 11.6 Å². The highest BCUT2D eigenvalue weighted by Crippen LogP contribution is 2.21. The van der Waals surface area contributed by atoms with Crippen molar-refractivity contribution in [2.75, 3.05) is 6.54 Å². The summed E-state index contributed by atoms with van der Waals surface area (Å²) >= 11 is 1.49. The Bertz CT molecular complexity index is 642. The number of carbonyl (C=O) groups is 1. The fraction of sp³-hybridized carbons (Fsp3) is 0.312. The maximum atomic E-state index is 13.4. The Labute approximate surface area is 133 Å². The fourth-order valence-corrected chi connectivity index (χ4v) is 2.70. The number of amides is 2. The summed E-state index contributed by atoms with van der Waals surface area (Å²) in [6.07, 6.45) is 0. The molecule has 22 heavy (non-hydrogen) atoms. The molecule has 1 atom stereocenters. The smallest absolute Gasteiger partial charge is 0.315 e. The van der Waals surface area contributed by atoms with Gasteiger partial charge in [0.2, 0.25) is 0 Å². The van der Waals surface area contributed by atoms with Gasteiger partial charge in [-0.15, -0.1) is 0 Å². The molecule has 0 aliphatic heterocycles.